The fourth-order valence-corrected chi connectivity index (χ4v) is 6.15. The van der Waals surface area contributed by atoms with Crippen LogP contribution in [0.2, 0.25) is 0 Å². The molecule has 2 aromatic carbocycles. The fourth-order valence-electron chi connectivity index (χ4n) is 6.15. The van der Waals surface area contributed by atoms with Gasteiger partial charge in [-0.2, -0.15) is 5.26 Å². The van der Waals surface area contributed by atoms with Crippen LogP contribution in [0.5, 0.6) is 0 Å². The maximum Gasteiger partial charge on any atom is 0.411 e. The van der Waals surface area contributed by atoms with Crippen molar-refractivity contribution < 1.29 is 23.9 Å². The van der Waals surface area contributed by atoms with Crippen molar-refractivity contribution in [1.29, 1.82) is 5.26 Å². The number of piperidine rings is 1. The predicted molar refractivity (Wildman–Crippen MR) is 151 cm³/mol. The molecule has 0 aromatic heterocycles. The number of ketones is 1. The lowest BCUT2D eigenvalue weighted by molar-refractivity contribution is -0.152. The topological polar surface area (TPSA) is 99.9 Å². The van der Waals surface area contributed by atoms with Gasteiger partial charge < -0.3 is 14.4 Å². The standard InChI is InChI=1S/C32H37N3O5/c1-31(2,3)40-30(38)35-13-11-26-19-32(35,12-14-39-26)28(36)16-22(20-33)15-21-5-7-23(8-6-21)24-9-10-25-18-29(37)34(4)27(25)17-24/h5-10,17,22,26H,11-16,18-19H2,1-4H3/t22-,26?,32?/m1/s1. The van der Waals surface area contributed by atoms with Crippen molar-refractivity contribution in [3.05, 3.63) is 53.6 Å². The molecule has 0 aliphatic carbocycles. The zero-order valence-corrected chi connectivity index (χ0v) is 23.7. The molecule has 0 radical (unpaired) electrons. The largest absolute Gasteiger partial charge is 0.444 e. The first-order valence-corrected chi connectivity index (χ1v) is 14.0. The lowest BCUT2D eigenvalue weighted by atomic mass is 9.74. The van der Waals surface area contributed by atoms with Crippen molar-refractivity contribution in [2.24, 2.45) is 5.92 Å². The number of hydrogen-bond acceptors (Lipinski definition) is 6. The molecule has 2 bridgehead atoms. The van der Waals surface area contributed by atoms with Gasteiger partial charge in [0.25, 0.3) is 0 Å². The van der Waals surface area contributed by atoms with Crippen LogP contribution in [0, 0.1) is 17.2 Å². The molecule has 8 nitrogen and oxygen atoms in total. The summed E-state index contributed by atoms with van der Waals surface area (Å²) in [5.74, 6) is -0.514. The summed E-state index contributed by atoms with van der Waals surface area (Å²) in [5, 5.41) is 9.99. The normalized spacial score (nSPS) is 22.9. The highest BCUT2D eigenvalue weighted by Gasteiger charge is 2.53. The highest BCUT2D eigenvalue weighted by Crippen LogP contribution is 2.40. The lowest BCUT2D eigenvalue weighted by Crippen LogP contribution is -2.65. The average molecular weight is 544 g/mol. The third-order valence-corrected chi connectivity index (χ3v) is 8.31. The van der Waals surface area contributed by atoms with Crippen LogP contribution in [0.3, 0.4) is 0 Å². The first-order valence-electron chi connectivity index (χ1n) is 14.0. The van der Waals surface area contributed by atoms with Crippen molar-refractivity contribution in [3.8, 4) is 17.2 Å². The summed E-state index contributed by atoms with van der Waals surface area (Å²) < 4.78 is 11.5. The Morgan fingerprint density at radius 1 is 1.18 bits per heavy atom. The number of benzene rings is 2. The van der Waals surface area contributed by atoms with E-state index >= 15 is 0 Å². The first-order chi connectivity index (χ1) is 19.0. The summed E-state index contributed by atoms with van der Waals surface area (Å²) in [6, 6.07) is 16.4. The molecule has 2 aromatic rings. The summed E-state index contributed by atoms with van der Waals surface area (Å²) in [6.07, 6.45) is 1.91. The van der Waals surface area contributed by atoms with Gasteiger partial charge in [-0.3, -0.25) is 14.5 Å². The molecule has 5 rings (SSSR count). The molecule has 2 fully saturated rings. The van der Waals surface area contributed by atoms with Crippen molar-refractivity contribution in [1.82, 2.24) is 4.90 Å². The van der Waals surface area contributed by atoms with E-state index in [4.69, 9.17) is 9.47 Å². The maximum atomic E-state index is 13.9. The van der Waals surface area contributed by atoms with Crippen LogP contribution in [0.1, 0.15) is 57.6 Å². The molecule has 3 aliphatic heterocycles. The minimum Gasteiger partial charge on any atom is -0.444 e. The van der Waals surface area contributed by atoms with Gasteiger partial charge in [-0.15, -0.1) is 0 Å². The Labute approximate surface area is 235 Å². The molecule has 3 atom stereocenters. The highest BCUT2D eigenvalue weighted by molar-refractivity contribution is 6.01. The average Bonchev–Trinajstić information content (AvgIpc) is 3.20. The second kappa shape index (κ2) is 10.7. The highest BCUT2D eigenvalue weighted by atomic mass is 16.6. The number of carbonyl (C=O) groups is 3. The SMILES string of the molecule is CN1C(=O)Cc2ccc(-c3ccc(C[C@@H](C#N)CC(=O)C45CCOC(CCN4C(=O)OC(C)(C)C)C5)cc3)cc21. The third kappa shape index (κ3) is 5.48. The van der Waals surface area contributed by atoms with Crippen LogP contribution in [0.15, 0.2) is 42.5 Å². The van der Waals surface area contributed by atoms with Gasteiger partial charge in [0.1, 0.15) is 11.1 Å². The van der Waals surface area contributed by atoms with Gasteiger partial charge in [-0.1, -0.05) is 36.4 Å². The van der Waals surface area contributed by atoms with Crippen LogP contribution in [-0.4, -0.2) is 60.1 Å². The van der Waals surface area contributed by atoms with E-state index in [1.807, 2.05) is 63.2 Å². The number of hydrogen-bond donors (Lipinski definition) is 0. The van der Waals surface area contributed by atoms with Crippen LogP contribution < -0.4 is 4.90 Å². The minimum atomic E-state index is -0.995. The van der Waals surface area contributed by atoms with Crippen LogP contribution in [0.4, 0.5) is 10.5 Å². The number of nitriles is 1. The number of likely N-dealkylation sites (tertiary alicyclic amines) is 1. The lowest BCUT2D eigenvalue weighted by Gasteiger charge is -2.51. The number of carbonyl (C=O) groups excluding carboxylic acids is 3. The number of rotatable bonds is 6. The van der Waals surface area contributed by atoms with Gasteiger partial charge in [-0.05, 0) is 61.9 Å². The molecule has 40 heavy (non-hydrogen) atoms. The molecule has 3 heterocycles. The second-order valence-electron chi connectivity index (χ2n) is 12.2. The minimum absolute atomic E-state index is 0.0649. The molecule has 0 saturated carbocycles. The zero-order chi connectivity index (χ0) is 28.7. The van der Waals surface area contributed by atoms with Gasteiger partial charge in [-0.25, -0.2) is 4.79 Å². The summed E-state index contributed by atoms with van der Waals surface area (Å²) in [4.78, 5) is 42.3. The van der Waals surface area contributed by atoms with Gasteiger partial charge in [0.2, 0.25) is 5.91 Å². The molecule has 2 saturated heterocycles. The Morgan fingerprint density at radius 3 is 2.60 bits per heavy atom. The first kappa shape index (κ1) is 27.9. The number of likely N-dealkylation sites (N-methyl/N-ethyl adjacent to an activating group) is 1. The second-order valence-corrected chi connectivity index (χ2v) is 12.2. The van der Waals surface area contributed by atoms with Crippen LogP contribution >= 0.6 is 0 Å². The molecular formula is C32H37N3O5. The Bertz CT molecular complexity index is 1360. The zero-order valence-electron chi connectivity index (χ0n) is 23.7. The Balaban J connectivity index is 1.29. The molecule has 210 valence electrons. The molecule has 0 spiro atoms. The summed E-state index contributed by atoms with van der Waals surface area (Å²) >= 11 is 0. The van der Waals surface area contributed by atoms with E-state index in [0.717, 1.165) is 27.9 Å². The molecule has 3 aliphatic rings. The maximum absolute atomic E-state index is 13.9. The number of anilines is 1. The Hall–Kier alpha value is -3.70. The van der Waals surface area contributed by atoms with E-state index in [0.29, 0.717) is 45.3 Å². The van der Waals surface area contributed by atoms with Crippen molar-refractivity contribution >= 4 is 23.5 Å². The van der Waals surface area contributed by atoms with Crippen molar-refractivity contribution in [2.75, 3.05) is 25.1 Å². The van der Waals surface area contributed by atoms with E-state index in [1.54, 1.807) is 16.8 Å². The molecule has 8 heteroatoms. The number of fused-ring (bicyclic) bond motifs is 3. The van der Waals surface area contributed by atoms with Gasteiger partial charge in [0, 0.05) is 45.1 Å². The van der Waals surface area contributed by atoms with Crippen molar-refractivity contribution in [3.63, 3.8) is 0 Å². The van der Waals surface area contributed by atoms with E-state index in [2.05, 4.69) is 6.07 Å². The van der Waals surface area contributed by atoms with E-state index in [9.17, 15) is 19.6 Å². The summed E-state index contributed by atoms with van der Waals surface area (Å²) in [6.45, 7) is 6.25. The third-order valence-electron chi connectivity index (χ3n) is 8.31. The quantitative estimate of drug-likeness (QED) is 0.504. The Morgan fingerprint density at radius 2 is 1.90 bits per heavy atom. The van der Waals surface area contributed by atoms with Crippen LogP contribution in [0.25, 0.3) is 11.1 Å². The van der Waals surface area contributed by atoms with Gasteiger partial charge in [0.15, 0.2) is 5.78 Å². The van der Waals surface area contributed by atoms with Crippen LogP contribution in [-0.2, 0) is 31.9 Å². The van der Waals surface area contributed by atoms with Crippen molar-refractivity contribution in [2.45, 2.75) is 76.5 Å². The van der Waals surface area contributed by atoms with Gasteiger partial charge in [0.05, 0.1) is 24.5 Å². The smallest absolute Gasteiger partial charge is 0.411 e. The Kier molecular flexibility index (Phi) is 7.45. The number of ether oxygens (including phenoxy) is 2. The summed E-state index contributed by atoms with van der Waals surface area (Å²) in [7, 11) is 1.80. The molecule has 2 amide bonds. The molecule has 0 N–H and O–H groups in total. The molecular weight excluding hydrogens is 506 g/mol. The molecule has 2 unspecified atom stereocenters. The number of nitrogens with zero attached hydrogens (tertiary/aromatic N) is 3. The number of amides is 2. The summed E-state index contributed by atoms with van der Waals surface area (Å²) in [5.41, 5.74) is 3.31. The van der Waals surface area contributed by atoms with E-state index in [1.165, 1.54) is 0 Å². The monoisotopic (exact) mass is 543 g/mol. The fraction of sp³-hybridized carbons (Fsp3) is 0.500. The van der Waals surface area contributed by atoms with Gasteiger partial charge >= 0.3 is 6.09 Å². The number of Topliss-reactive ketones (excluding diaryl/α,β-unsaturated/α-hetero) is 1. The predicted octanol–water partition coefficient (Wildman–Crippen LogP) is 5.07. The van der Waals surface area contributed by atoms with E-state index < -0.39 is 23.2 Å². The van der Waals surface area contributed by atoms with E-state index in [-0.39, 0.29) is 24.2 Å².